The highest BCUT2D eigenvalue weighted by molar-refractivity contribution is 8.01. The molecule has 1 aromatic carbocycles. The zero-order valence-corrected chi connectivity index (χ0v) is 25.8. The number of halogens is 1. The molecule has 1 saturated carbocycles. The van der Waals surface area contributed by atoms with Gasteiger partial charge in [-0.3, -0.25) is 25.1 Å². The SMILES string of the molecule is C=CC(=O)N1CCN(C2NC(OCC3CCCN3C)NC3C(=O)[C@@]4(CCc5cc(Cl)ccc5S4)CCC32)CC1CC#N. The minimum absolute atomic E-state index is 0.0498. The summed E-state index contributed by atoms with van der Waals surface area (Å²) in [7, 11) is 2.14. The fraction of sp³-hybridized carbons (Fsp3) is 0.645. The van der Waals surface area contributed by atoms with Gasteiger partial charge in [0, 0.05) is 41.5 Å². The molecule has 1 amide bonds. The van der Waals surface area contributed by atoms with Crippen LogP contribution in [0.3, 0.4) is 0 Å². The van der Waals surface area contributed by atoms with E-state index in [0.29, 0.717) is 32.3 Å². The van der Waals surface area contributed by atoms with Crippen LogP contribution >= 0.6 is 23.4 Å². The second-order valence-corrected chi connectivity index (χ2v) is 14.3. The average molecular weight is 613 g/mol. The summed E-state index contributed by atoms with van der Waals surface area (Å²) >= 11 is 7.99. The van der Waals surface area contributed by atoms with E-state index in [1.807, 2.05) is 12.1 Å². The number of nitrogens with zero attached hydrogens (tertiary/aromatic N) is 4. The molecule has 4 fully saturated rings. The number of carbonyl (C=O) groups is 2. The topological polar surface area (TPSA) is 101 Å². The summed E-state index contributed by atoms with van der Waals surface area (Å²) in [6.07, 6.45) is 6.64. The number of hydrogen-bond donors (Lipinski definition) is 2. The molecule has 0 bridgehead atoms. The summed E-state index contributed by atoms with van der Waals surface area (Å²) in [5.74, 6) is 0.170. The molecule has 226 valence electrons. The lowest BCUT2D eigenvalue weighted by Crippen LogP contribution is -2.75. The lowest BCUT2D eigenvalue weighted by Gasteiger charge is -2.55. The molecule has 0 aromatic heterocycles. The van der Waals surface area contributed by atoms with Crippen LogP contribution in [-0.4, -0.2) is 102 Å². The number of amides is 1. The average Bonchev–Trinajstić information content (AvgIpc) is 3.42. The van der Waals surface area contributed by atoms with Gasteiger partial charge >= 0.3 is 0 Å². The Hall–Kier alpha value is -1.97. The highest BCUT2D eigenvalue weighted by Gasteiger charge is 2.55. The maximum Gasteiger partial charge on any atom is 0.246 e. The monoisotopic (exact) mass is 612 g/mol. The van der Waals surface area contributed by atoms with Gasteiger partial charge in [0.25, 0.3) is 0 Å². The van der Waals surface area contributed by atoms with Gasteiger partial charge in [-0.05, 0) is 82.0 Å². The van der Waals surface area contributed by atoms with E-state index in [2.05, 4.69) is 46.2 Å². The van der Waals surface area contributed by atoms with Gasteiger partial charge in [0.1, 0.15) is 0 Å². The molecule has 3 saturated heterocycles. The summed E-state index contributed by atoms with van der Waals surface area (Å²) in [5.41, 5.74) is 1.22. The fourth-order valence-corrected chi connectivity index (χ4v) is 9.37. The third-order valence-corrected chi connectivity index (χ3v) is 11.9. The molecule has 1 aliphatic carbocycles. The number of ketones is 1. The lowest BCUT2D eigenvalue weighted by molar-refractivity contribution is -0.145. The number of piperazine rings is 1. The molecular weight excluding hydrogens is 572 g/mol. The number of ether oxygens (including phenoxy) is 1. The second-order valence-electron chi connectivity index (χ2n) is 12.4. The van der Waals surface area contributed by atoms with Crippen molar-refractivity contribution in [3.8, 4) is 6.07 Å². The molecule has 6 unspecified atom stereocenters. The molecule has 0 radical (unpaired) electrons. The van der Waals surface area contributed by atoms with Crippen molar-refractivity contribution >= 4 is 35.1 Å². The number of likely N-dealkylation sites (N-methyl/N-ethyl adjacent to an activating group) is 1. The number of Topliss-reactive ketones (excluding diaryl/α,β-unsaturated/α-hetero) is 1. The number of nitrogens with one attached hydrogen (secondary N) is 2. The summed E-state index contributed by atoms with van der Waals surface area (Å²) < 4.78 is 5.99. The number of benzene rings is 1. The van der Waals surface area contributed by atoms with Gasteiger partial charge in [0.15, 0.2) is 12.1 Å². The van der Waals surface area contributed by atoms with E-state index in [0.717, 1.165) is 48.6 Å². The molecule has 4 heterocycles. The number of aryl methyl sites for hydroxylation is 1. The first-order chi connectivity index (χ1) is 20.3. The number of nitriles is 1. The van der Waals surface area contributed by atoms with Crippen molar-refractivity contribution in [3.63, 3.8) is 0 Å². The third kappa shape index (κ3) is 5.77. The zero-order valence-electron chi connectivity index (χ0n) is 24.3. The van der Waals surface area contributed by atoms with E-state index in [1.165, 1.54) is 18.1 Å². The van der Waals surface area contributed by atoms with Crippen LogP contribution in [0.5, 0.6) is 0 Å². The van der Waals surface area contributed by atoms with E-state index in [-0.39, 0.29) is 42.3 Å². The minimum atomic E-state index is -0.467. The smallest absolute Gasteiger partial charge is 0.246 e. The van der Waals surface area contributed by atoms with Gasteiger partial charge < -0.3 is 14.5 Å². The highest BCUT2D eigenvalue weighted by Crippen LogP contribution is 2.51. The van der Waals surface area contributed by atoms with Crippen LogP contribution in [0.25, 0.3) is 0 Å². The van der Waals surface area contributed by atoms with Gasteiger partial charge in [-0.1, -0.05) is 18.2 Å². The molecular formula is C31H41ClN6O3S. The number of fused-ring (bicyclic) bond motifs is 2. The number of thioether (sulfide) groups is 1. The van der Waals surface area contributed by atoms with Crippen LogP contribution in [0, 0.1) is 17.2 Å². The minimum Gasteiger partial charge on any atom is -0.348 e. The first-order valence-corrected chi connectivity index (χ1v) is 16.4. The van der Waals surface area contributed by atoms with E-state index < -0.39 is 11.1 Å². The molecule has 1 spiro atoms. The third-order valence-electron chi connectivity index (χ3n) is 10.0. The normalized spacial score (nSPS) is 35.5. The summed E-state index contributed by atoms with van der Waals surface area (Å²) in [4.78, 5) is 34.7. The molecule has 1 aromatic rings. The van der Waals surface area contributed by atoms with Gasteiger partial charge in [0.2, 0.25) is 5.91 Å². The second kappa shape index (κ2) is 12.6. The summed E-state index contributed by atoms with van der Waals surface area (Å²) in [5, 5.41) is 17.6. The lowest BCUT2D eigenvalue weighted by atomic mass is 9.72. The fourth-order valence-electron chi connectivity index (χ4n) is 7.68. The largest absolute Gasteiger partial charge is 0.348 e. The van der Waals surface area contributed by atoms with E-state index in [9.17, 15) is 14.9 Å². The van der Waals surface area contributed by atoms with E-state index >= 15 is 0 Å². The van der Waals surface area contributed by atoms with Crippen LogP contribution in [0.4, 0.5) is 0 Å². The van der Waals surface area contributed by atoms with Crippen molar-refractivity contribution in [1.29, 1.82) is 5.26 Å². The molecule has 11 heteroatoms. The Balaban J connectivity index is 1.24. The van der Waals surface area contributed by atoms with Gasteiger partial charge in [-0.25, -0.2) is 0 Å². The maximum absolute atomic E-state index is 14.5. The quantitative estimate of drug-likeness (QED) is 0.470. The van der Waals surface area contributed by atoms with Crippen molar-refractivity contribution in [1.82, 2.24) is 25.3 Å². The molecule has 7 atom stereocenters. The van der Waals surface area contributed by atoms with E-state index in [4.69, 9.17) is 16.3 Å². The number of rotatable bonds is 6. The Morgan fingerprint density at radius 1 is 1.26 bits per heavy atom. The Kier molecular flexibility index (Phi) is 9.00. The van der Waals surface area contributed by atoms with Crippen molar-refractivity contribution in [2.75, 3.05) is 39.8 Å². The Labute approximate surface area is 257 Å². The molecule has 9 nitrogen and oxygen atoms in total. The predicted octanol–water partition coefficient (Wildman–Crippen LogP) is 2.99. The number of carbonyl (C=O) groups excluding carboxylic acids is 2. The Morgan fingerprint density at radius 3 is 2.88 bits per heavy atom. The molecule has 2 N–H and O–H groups in total. The van der Waals surface area contributed by atoms with Crippen LogP contribution in [-0.2, 0) is 20.7 Å². The predicted molar refractivity (Wildman–Crippen MR) is 163 cm³/mol. The Bertz CT molecular complexity index is 1260. The van der Waals surface area contributed by atoms with Gasteiger partial charge in [-0.15, -0.1) is 11.8 Å². The number of hydrogen-bond acceptors (Lipinski definition) is 9. The van der Waals surface area contributed by atoms with Crippen LogP contribution in [0.2, 0.25) is 5.02 Å². The molecule has 42 heavy (non-hydrogen) atoms. The van der Waals surface area contributed by atoms with Crippen molar-refractivity contribution in [3.05, 3.63) is 41.4 Å². The van der Waals surface area contributed by atoms with Crippen molar-refractivity contribution < 1.29 is 14.3 Å². The van der Waals surface area contributed by atoms with Crippen LogP contribution < -0.4 is 10.6 Å². The van der Waals surface area contributed by atoms with Crippen LogP contribution in [0.1, 0.15) is 44.1 Å². The summed E-state index contributed by atoms with van der Waals surface area (Å²) in [6, 6.07) is 8.07. The maximum atomic E-state index is 14.5. The standard InChI is InChI=1S/C31H41ClN6O3S/c1-3-26(39)38-16-15-37(18-22(38)10-13-33)29-24-9-12-31(11-8-20-17-21(32)6-7-25(20)42-31)28(40)27(24)34-30(35-29)41-19-23-5-4-14-36(23)2/h3,6-7,17,22-24,27,29-30,34-35H,1,4-5,8-12,14-16,18-19H2,2H3/t22?,23?,24?,27?,29?,30?,31-/m1/s1. The van der Waals surface area contributed by atoms with Crippen LogP contribution in [0.15, 0.2) is 35.7 Å². The van der Waals surface area contributed by atoms with Crippen molar-refractivity contribution in [2.24, 2.45) is 5.92 Å². The first-order valence-electron chi connectivity index (χ1n) is 15.2. The highest BCUT2D eigenvalue weighted by atomic mass is 35.5. The van der Waals surface area contributed by atoms with Gasteiger partial charge in [-0.2, -0.15) is 5.26 Å². The Morgan fingerprint density at radius 2 is 2.12 bits per heavy atom. The van der Waals surface area contributed by atoms with E-state index in [1.54, 1.807) is 16.7 Å². The number of likely N-dealkylation sites (tertiary alicyclic amines) is 1. The van der Waals surface area contributed by atoms with Crippen molar-refractivity contribution in [2.45, 2.75) is 85.2 Å². The molecule has 5 aliphatic rings. The summed E-state index contributed by atoms with van der Waals surface area (Å²) in [6.45, 7) is 7.06. The first kappa shape index (κ1) is 30.1. The zero-order chi connectivity index (χ0) is 29.4. The molecule has 4 aliphatic heterocycles. The molecule has 6 rings (SSSR count). The van der Waals surface area contributed by atoms with Gasteiger partial charge in [0.05, 0.1) is 42.1 Å².